The molecule has 0 spiro atoms. The Morgan fingerprint density at radius 2 is 1.71 bits per heavy atom. The van der Waals surface area contributed by atoms with Crippen LogP contribution in [0.25, 0.3) is 0 Å². The van der Waals surface area contributed by atoms with Gasteiger partial charge in [-0.05, 0) is 74.6 Å². The van der Waals surface area contributed by atoms with Gasteiger partial charge >= 0.3 is 0 Å². The van der Waals surface area contributed by atoms with E-state index in [0.29, 0.717) is 30.2 Å². The van der Waals surface area contributed by atoms with Gasteiger partial charge in [0.05, 0.1) is 6.61 Å². The third-order valence-corrected chi connectivity index (χ3v) is 5.40. The van der Waals surface area contributed by atoms with Crippen molar-refractivity contribution in [2.45, 2.75) is 47.5 Å². The number of amides is 2. The molecule has 31 heavy (non-hydrogen) atoms. The zero-order valence-corrected chi connectivity index (χ0v) is 19.6. The first-order chi connectivity index (χ1) is 14.6. The minimum Gasteiger partial charge on any atom is -0.493 e. The number of benzene rings is 2. The van der Waals surface area contributed by atoms with E-state index in [1.54, 1.807) is 18.2 Å². The van der Waals surface area contributed by atoms with Crippen LogP contribution in [0.15, 0.2) is 36.4 Å². The standard InChI is InChI=1S/C24H31ClN2O4/c1-16-7-8-17(2)21(13-16)30-12-6-11-24(4,5)23(29)27-26-22(28)15-31-19-9-10-20(25)18(3)14-19/h7-10,13-14H,6,11-12,15H2,1-5H3,(H,26,28)(H,27,29). The van der Waals surface area contributed by atoms with Crippen LogP contribution in [0.2, 0.25) is 5.02 Å². The van der Waals surface area contributed by atoms with Crippen molar-refractivity contribution in [1.29, 1.82) is 0 Å². The van der Waals surface area contributed by atoms with E-state index in [0.717, 1.165) is 22.4 Å². The highest BCUT2D eigenvalue weighted by atomic mass is 35.5. The van der Waals surface area contributed by atoms with E-state index in [-0.39, 0.29) is 12.5 Å². The number of carbonyl (C=O) groups excluding carboxylic acids is 2. The van der Waals surface area contributed by atoms with E-state index >= 15 is 0 Å². The molecule has 0 aliphatic carbocycles. The summed E-state index contributed by atoms with van der Waals surface area (Å²) in [4.78, 5) is 24.4. The number of aryl methyl sites for hydroxylation is 3. The molecule has 7 heteroatoms. The summed E-state index contributed by atoms with van der Waals surface area (Å²) in [6, 6.07) is 11.2. The summed E-state index contributed by atoms with van der Waals surface area (Å²) in [6.07, 6.45) is 1.32. The molecule has 2 N–H and O–H groups in total. The van der Waals surface area contributed by atoms with Gasteiger partial charge in [-0.3, -0.25) is 20.4 Å². The average molecular weight is 447 g/mol. The van der Waals surface area contributed by atoms with Crippen LogP contribution in [-0.2, 0) is 9.59 Å². The minimum atomic E-state index is -0.660. The molecule has 2 aromatic carbocycles. The molecular formula is C24H31ClN2O4. The Morgan fingerprint density at radius 1 is 0.968 bits per heavy atom. The fourth-order valence-corrected chi connectivity index (χ4v) is 2.98. The van der Waals surface area contributed by atoms with Gasteiger partial charge in [-0.2, -0.15) is 0 Å². The highest BCUT2D eigenvalue weighted by molar-refractivity contribution is 6.31. The second-order valence-electron chi connectivity index (χ2n) is 8.31. The van der Waals surface area contributed by atoms with Gasteiger partial charge in [0.15, 0.2) is 6.61 Å². The number of halogens is 1. The van der Waals surface area contributed by atoms with Crippen molar-refractivity contribution < 1.29 is 19.1 Å². The smallest absolute Gasteiger partial charge is 0.276 e. The van der Waals surface area contributed by atoms with Gasteiger partial charge in [0.1, 0.15) is 11.5 Å². The SMILES string of the molecule is Cc1ccc(C)c(OCCCC(C)(C)C(=O)NNC(=O)COc2ccc(Cl)c(C)c2)c1. The summed E-state index contributed by atoms with van der Waals surface area (Å²) in [6.45, 7) is 9.85. The first kappa shape index (κ1) is 24.5. The zero-order chi connectivity index (χ0) is 23.0. The minimum absolute atomic E-state index is 0.217. The topological polar surface area (TPSA) is 76.7 Å². The quantitative estimate of drug-likeness (QED) is 0.433. The van der Waals surface area contributed by atoms with Crippen LogP contribution in [0.3, 0.4) is 0 Å². The van der Waals surface area contributed by atoms with Gasteiger partial charge in [-0.15, -0.1) is 0 Å². The fourth-order valence-electron chi connectivity index (χ4n) is 2.86. The second kappa shape index (κ2) is 11.0. The summed E-state index contributed by atoms with van der Waals surface area (Å²) in [5.41, 5.74) is 7.29. The highest BCUT2D eigenvalue weighted by Crippen LogP contribution is 2.24. The maximum atomic E-state index is 12.5. The maximum absolute atomic E-state index is 12.5. The Morgan fingerprint density at radius 3 is 2.42 bits per heavy atom. The van der Waals surface area contributed by atoms with Crippen LogP contribution >= 0.6 is 11.6 Å². The van der Waals surface area contributed by atoms with Crippen LogP contribution in [0, 0.1) is 26.2 Å². The fraction of sp³-hybridized carbons (Fsp3) is 0.417. The molecule has 2 aromatic rings. The van der Waals surface area contributed by atoms with Crippen molar-refractivity contribution in [2.75, 3.05) is 13.2 Å². The van der Waals surface area contributed by atoms with Gasteiger partial charge in [-0.1, -0.05) is 37.6 Å². The normalized spacial score (nSPS) is 11.0. The number of ether oxygens (including phenoxy) is 2. The number of carbonyl (C=O) groups is 2. The molecule has 168 valence electrons. The van der Waals surface area contributed by atoms with Gasteiger partial charge in [0.25, 0.3) is 5.91 Å². The van der Waals surface area contributed by atoms with Crippen LogP contribution in [0.1, 0.15) is 43.4 Å². The first-order valence-corrected chi connectivity index (χ1v) is 10.6. The summed E-state index contributed by atoms with van der Waals surface area (Å²) < 4.78 is 11.3. The number of nitrogens with one attached hydrogen (secondary N) is 2. The van der Waals surface area contributed by atoms with E-state index in [4.69, 9.17) is 21.1 Å². The predicted octanol–water partition coefficient (Wildman–Crippen LogP) is 4.68. The van der Waals surface area contributed by atoms with Crippen LogP contribution < -0.4 is 20.3 Å². The van der Waals surface area contributed by atoms with Crippen LogP contribution in [0.5, 0.6) is 11.5 Å². The average Bonchev–Trinajstić information content (AvgIpc) is 2.72. The van der Waals surface area contributed by atoms with Crippen molar-refractivity contribution in [3.8, 4) is 11.5 Å². The monoisotopic (exact) mass is 446 g/mol. The summed E-state index contributed by atoms with van der Waals surface area (Å²) in [5.74, 6) is 0.683. The van der Waals surface area contributed by atoms with Crippen molar-refractivity contribution >= 4 is 23.4 Å². The van der Waals surface area contributed by atoms with Crippen molar-refractivity contribution in [3.63, 3.8) is 0 Å². The third kappa shape index (κ3) is 7.79. The van der Waals surface area contributed by atoms with E-state index in [1.807, 2.05) is 52.8 Å². The molecule has 0 radical (unpaired) electrons. The molecule has 0 aromatic heterocycles. The molecule has 0 fully saturated rings. The molecule has 0 saturated heterocycles. The molecule has 0 bridgehead atoms. The number of hydrogen-bond acceptors (Lipinski definition) is 4. The van der Waals surface area contributed by atoms with Crippen molar-refractivity contribution in [2.24, 2.45) is 5.41 Å². The van der Waals surface area contributed by atoms with Crippen molar-refractivity contribution in [3.05, 3.63) is 58.1 Å². The zero-order valence-electron chi connectivity index (χ0n) is 18.8. The Balaban J connectivity index is 1.71. The Labute approximate surface area is 189 Å². The van der Waals surface area contributed by atoms with Gasteiger partial charge in [0.2, 0.25) is 5.91 Å². The lowest BCUT2D eigenvalue weighted by Crippen LogP contribution is -2.48. The summed E-state index contributed by atoms with van der Waals surface area (Å²) in [7, 11) is 0. The molecule has 0 aliphatic rings. The predicted molar refractivity (Wildman–Crippen MR) is 122 cm³/mol. The second-order valence-corrected chi connectivity index (χ2v) is 8.71. The number of hydrazine groups is 1. The molecule has 2 amide bonds. The molecule has 0 saturated carbocycles. The number of hydrogen-bond donors (Lipinski definition) is 2. The largest absolute Gasteiger partial charge is 0.493 e. The van der Waals surface area contributed by atoms with E-state index < -0.39 is 11.3 Å². The van der Waals surface area contributed by atoms with E-state index in [9.17, 15) is 9.59 Å². The van der Waals surface area contributed by atoms with Gasteiger partial charge < -0.3 is 9.47 Å². The molecular weight excluding hydrogens is 416 g/mol. The highest BCUT2D eigenvalue weighted by Gasteiger charge is 2.27. The lowest BCUT2D eigenvalue weighted by molar-refractivity contribution is -0.135. The van der Waals surface area contributed by atoms with E-state index in [1.165, 1.54) is 0 Å². The molecule has 6 nitrogen and oxygen atoms in total. The first-order valence-electron chi connectivity index (χ1n) is 10.3. The molecule has 0 aliphatic heterocycles. The van der Waals surface area contributed by atoms with Crippen molar-refractivity contribution in [1.82, 2.24) is 10.9 Å². The third-order valence-electron chi connectivity index (χ3n) is 4.98. The lowest BCUT2D eigenvalue weighted by atomic mass is 9.87. The van der Waals surface area contributed by atoms with Crippen LogP contribution in [0.4, 0.5) is 0 Å². The summed E-state index contributed by atoms with van der Waals surface area (Å²) in [5, 5.41) is 0.630. The number of rotatable bonds is 9. The molecule has 0 unspecified atom stereocenters. The molecule has 0 heterocycles. The Kier molecular flexibility index (Phi) is 8.75. The summed E-state index contributed by atoms with van der Waals surface area (Å²) >= 11 is 5.97. The van der Waals surface area contributed by atoms with Gasteiger partial charge in [-0.25, -0.2) is 0 Å². The molecule has 2 rings (SSSR count). The van der Waals surface area contributed by atoms with E-state index in [2.05, 4.69) is 10.9 Å². The lowest BCUT2D eigenvalue weighted by Gasteiger charge is -2.23. The van der Waals surface area contributed by atoms with Crippen LogP contribution in [-0.4, -0.2) is 25.0 Å². The molecule has 0 atom stereocenters. The van der Waals surface area contributed by atoms with Gasteiger partial charge in [0, 0.05) is 10.4 Å². The Bertz CT molecular complexity index is 928. The maximum Gasteiger partial charge on any atom is 0.276 e. The Hall–Kier alpha value is -2.73.